The van der Waals surface area contributed by atoms with Crippen LogP contribution < -0.4 is 21.3 Å². The van der Waals surface area contributed by atoms with Gasteiger partial charge in [0.1, 0.15) is 5.66 Å². The van der Waals surface area contributed by atoms with E-state index in [0.717, 1.165) is 31.2 Å². The summed E-state index contributed by atoms with van der Waals surface area (Å²) in [5, 5.41) is 13.5. The van der Waals surface area contributed by atoms with Crippen molar-refractivity contribution in [3.8, 4) is 0 Å². The molecule has 0 aromatic heterocycles. The number of rotatable bonds is 2. The van der Waals surface area contributed by atoms with Gasteiger partial charge in [0.15, 0.2) is 5.96 Å². The Morgan fingerprint density at radius 2 is 2.21 bits per heavy atom. The average Bonchev–Trinajstić information content (AvgIpc) is 2.92. The van der Waals surface area contributed by atoms with Crippen LogP contribution in [0, 0.1) is 0 Å². The zero-order valence-electron chi connectivity index (χ0n) is 11.5. The first-order valence-electron chi connectivity index (χ1n) is 6.83. The monoisotopic (exact) mass is 259 g/mol. The highest BCUT2D eigenvalue weighted by atomic mass is 15.3. The zero-order valence-corrected chi connectivity index (χ0v) is 11.5. The largest absolute Gasteiger partial charge is 0.334 e. The number of hydrogen-bond acceptors (Lipinski definition) is 3. The maximum Gasteiger partial charge on any atom is 0.197 e. The molecule has 0 amide bonds. The van der Waals surface area contributed by atoms with Gasteiger partial charge in [-0.2, -0.15) is 0 Å². The molecule has 102 valence electrons. The lowest BCUT2D eigenvalue weighted by Crippen LogP contribution is -2.57. The van der Waals surface area contributed by atoms with Gasteiger partial charge < -0.3 is 16.0 Å². The third-order valence-corrected chi connectivity index (χ3v) is 3.93. The molecule has 2 aliphatic rings. The molecule has 0 bridgehead atoms. The van der Waals surface area contributed by atoms with Crippen molar-refractivity contribution in [3.63, 3.8) is 0 Å². The van der Waals surface area contributed by atoms with E-state index in [-0.39, 0.29) is 5.66 Å². The summed E-state index contributed by atoms with van der Waals surface area (Å²) in [6, 6.07) is 8.68. The van der Waals surface area contributed by atoms with Gasteiger partial charge in [-0.1, -0.05) is 18.2 Å². The number of benzene rings is 1. The molecule has 2 atom stereocenters. The van der Waals surface area contributed by atoms with E-state index in [2.05, 4.69) is 46.4 Å². The van der Waals surface area contributed by atoms with E-state index in [1.807, 2.05) is 13.1 Å². The molecule has 1 fully saturated rings. The van der Waals surface area contributed by atoms with Crippen molar-refractivity contribution < 1.29 is 0 Å². The molecule has 2 unspecified atom stereocenters. The summed E-state index contributed by atoms with van der Waals surface area (Å²) in [6.45, 7) is 4.15. The summed E-state index contributed by atoms with van der Waals surface area (Å²) in [6.07, 6.45) is 1.10. The summed E-state index contributed by atoms with van der Waals surface area (Å²) >= 11 is 0. The lowest BCUT2D eigenvalue weighted by atomic mass is 9.97. The number of anilines is 1. The molecule has 19 heavy (non-hydrogen) atoms. The van der Waals surface area contributed by atoms with Crippen molar-refractivity contribution in [1.29, 1.82) is 0 Å². The van der Waals surface area contributed by atoms with Gasteiger partial charge in [-0.15, -0.1) is 0 Å². The second kappa shape index (κ2) is 4.83. The minimum atomic E-state index is -0.285. The number of aliphatic imine (C=N–C) groups is 1. The van der Waals surface area contributed by atoms with E-state index in [1.165, 1.54) is 5.56 Å². The fourth-order valence-electron chi connectivity index (χ4n) is 2.68. The molecule has 0 aliphatic carbocycles. The minimum absolute atomic E-state index is 0.285. The first-order valence-corrected chi connectivity index (χ1v) is 6.83. The van der Waals surface area contributed by atoms with Crippen LogP contribution in [0.1, 0.15) is 18.9 Å². The van der Waals surface area contributed by atoms with Gasteiger partial charge in [-0.3, -0.25) is 5.32 Å². The summed E-state index contributed by atoms with van der Waals surface area (Å²) < 4.78 is 0. The summed E-state index contributed by atoms with van der Waals surface area (Å²) in [5.74, 6) is 0.851. The molecule has 2 heterocycles. The number of hydrogen-bond donors (Lipinski definition) is 4. The molecule has 2 aliphatic heterocycles. The lowest BCUT2D eigenvalue weighted by Gasteiger charge is -2.38. The first-order chi connectivity index (χ1) is 9.21. The van der Waals surface area contributed by atoms with Crippen molar-refractivity contribution in [3.05, 3.63) is 29.8 Å². The molecule has 1 aromatic rings. The Morgan fingerprint density at radius 3 is 2.95 bits per heavy atom. The Morgan fingerprint density at radius 1 is 1.37 bits per heavy atom. The molecule has 0 spiro atoms. The third kappa shape index (κ3) is 2.31. The molecule has 1 aromatic carbocycles. The van der Waals surface area contributed by atoms with Crippen LogP contribution in [0.3, 0.4) is 0 Å². The molecule has 4 N–H and O–H groups in total. The van der Waals surface area contributed by atoms with Gasteiger partial charge in [0.2, 0.25) is 0 Å². The highest BCUT2D eigenvalue weighted by Crippen LogP contribution is 2.29. The Labute approximate surface area is 113 Å². The van der Waals surface area contributed by atoms with Crippen LogP contribution in [0.15, 0.2) is 29.3 Å². The Bertz CT molecular complexity index is 492. The summed E-state index contributed by atoms with van der Waals surface area (Å²) in [5.41, 5.74) is 2.04. The van der Waals surface area contributed by atoms with Crippen molar-refractivity contribution >= 4 is 11.6 Å². The van der Waals surface area contributed by atoms with Crippen molar-refractivity contribution in [2.75, 3.05) is 25.5 Å². The lowest BCUT2D eigenvalue weighted by molar-refractivity contribution is 0.363. The van der Waals surface area contributed by atoms with Crippen LogP contribution in [-0.2, 0) is 5.66 Å². The van der Waals surface area contributed by atoms with E-state index in [1.54, 1.807) is 0 Å². The molecule has 5 heteroatoms. The molecule has 1 saturated heterocycles. The maximum absolute atomic E-state index is 4.77. The van der Waals surface area contributed by atoms with Gasteiger partial charge >= 0.3 is 0 Å². The fourth-order valence-corrected chi connectivity index (χ4v) is 2.68. The smallest absolute Gasteiger partial charge is 0.197 e. The summed E-state index contributed by atoms with van der Waals surface area (Å²) in [4.78, 5) is 4.77. The van der Waals surface area contributed by atoms with Crippen molar-refractivity contribution in [2.45, 2.75) is 25.0 Å². The van der Waals surface area contributed by atoms with E-state index in [0.29, 0.717) is 6.04 Å². The van der Waals surface area contributed by atoms with Gasteiger partial charge in [0, 0.05) is 17.8 Å². The maximum atomic E-state index is 4.77. The molecule has 3 rings (SSSR count). The number of nitrogens with zero attached hydrogens (tertiary/aromatic N) is 1. The third-order valence-electron chi connectivity index (χ3n) is 3.93. The second-order valence-electron chi connectivity index (χ2n) is 5.29. The highest BCUT2D eigenvalue weighted by molar-refractivity contribution is 5.97. The van der Waals surface area contributed by atoms with Crippen LogP contribution in [0.2, 0.25) is 0 Å². The minimum Gasteiger partial charge on any atom is -0.334 e. The Hall–Kier alpha value is -1.59. The van der Waals surface area contributed by atoms with Gasteiger partial charge in [0.05, 0.1) is 6.04 Å². The Balaban J connectivity index is 1.92. The molecule has 0 saturated carbocycles. The normalized spacial score (nSPS) is 31.7. The zero-order chi connectivity index (χ0) is 13.3. The van der Waals surface area contributed by atoms with Gasteiger partial charge in [-0.25, -0.2) is 4.99 Å². The van der Waals surface area contributed by atoms with Gasteiger partial charge in [-0.05, 0) is 33.0 Å². The Kier molecular flexibility index (Phi) is 3.16. The number of guanidine groups is 1. The molecule has 5 nitrogen and oxygen atoms in total. The predicted molar refractivity (Wildman–Crippen MR) is 78.3 cm³/mol. The van der Waals surface area contributed by atoms with Crippen LogP contribution in [0.5, 0.6) is 0 Å². The average molecular weight is 259 g/mol. The van der Waals surface area contributed by atoms with Crippen LogP contribution in [0.25, 0.3) is 0 Å². The van der Waals surface area contributed by atoms with Crippen molar-refractivity contribution in [1.82, 2.24) is 16.0 Å². The highest BCUT2D eigenvalue weighted by Gasteiger charge is 2.32. The quantitative estimate of drug-likeness (QED) is 0.635. The van der Waals surface area contributed by atoms with Crippen LogP contribution in [0.4, 0.5) is 5.69 Å². The predicted octanol–water partition coefficient (Wildman–Crippen LogP) is 0.812. The topological polar surface area (TPSA) is 60.5 Å². The van der Waals surface area contributed by atoms with E-state index >= 15 is 0 Å². The van der Waals surface area contributed by atoms with E-state index in [4.69, 9.17) is 4.99 Å². The van der Waals surface area contributed by atoms with E-state index < -0.39 is 0 Å². The number of para-hydroxylation sites is 1. The standard InChI is InChI=1S/C14H21N5/c1-14(15-2)11-5-3-4-6-12(11)18-13(19-14)17-10-7-8-16-9-10/h3-6,10,15-16H,7-9H2,1-2H3,(H2,17,18,19). The van der Waals surface area contributed by atoms with Crippen molar-refractivity contribution in [2.24, 2.45) is 4.99 Å². The number of nitrogens with one attached hydrogen (secondary N) is 4. The van der Waals surface area contributed by atoms with Gasteiger partial charge in [0.25, 0.3) is 0 Å². The van der Waals surface area contributed by atoms with Crippen LogP contribution in [-0.4, -0.2) is 32.1 Å². The SMILES string of the molecule is CNC1(C)NC(=NC2CCNC2)Nc2ccccc21. The van der Waals surface area contributed by atoms with E-state index in [9.17, 15) is 0 Å². The molecule has 0 radical (unpaired) electrons. The van der Waals surface area contributed by atoms with Crippen LogP contribution >= 0.6 is 0 Å². The second-order valence-corrected chi connectivity index (χ2v) is 5.29. The first kappa shape index (κ1) is 12.4. The molecular formula is C14H21N5. The number of fused-ring (bicyclic) bond motifs is 1. The fraction of sp³-hybridized carbons (Fsp3) is 0.500. The summed E-state index contributed by atoms with van der Waals surface area (Å²) in [7, 11) is 1.96. The molecular weight excluding hydrogens is 238 g/mol.